The third-order valence-electron chi connectivity index (χ3n) is 3.91. The second-order valence-electron chi connectivity index (χ2n) is 5.43. The fourth-order valence-electron chi connectivity index (χ4n) is 2.79. The van der Waals surface area contributed by atoms with E-state index in [2.05, 4.69) is 10.0 Å². The maximum Gasteiger partial charge on any atom is 0.410 e. The Morgan fingerprint density at radius 1 is 1.40 bits per heavy atom. The quantitative estimate of drug-likeness (QED) is 0.442. The topological polar surface area (TPSA) is 78.3 Å². The van der Waals surface area contributed by atoms with Crippen LogP contribution in [0.3, 0.4) is 0 Å². The number of hydrogen-bond acceptors (Lipinski definition) is 3. The molecule has 6 nitrogen and oxygen atoms in total. The largest absolute Gasteiger partial charge is 0.438 e. The van der Waals surface area contributed by atoms with E-state index < -0.39 is 24.7 Å². The van der Waals surface area contributed by atoms with E-state index in [1.807, 2.05) is 0 Å². The third kappa shape index (κ3) is 3.50. The summed E-state index contributed by atoms with van der Waals surface area (Å²) in [6.07, 6.45) is 3.31. The first-order chi connectivity index (χ1) is 9.53. The van der Waals surface area contributed by atoms with Gasteiger partial charge in [0.2, 0.25) is 0 Å². The van der Waals surface area contributed by atoms with E-state index in [1.165, 1.54) is 11.3 Å². The summed E-state index contributed by atoms with van der Waals surface area (Å²) < 4.78 is 32.1. The monoisotopic (exact) mass is 288 g/mol. The third-order valence-corrected chi connectivity index (χ3v) is 3.91. The molecule has 0 spiro atoms. The zero-order chi connectivity index (χ0) is 14.6. The first-order valence-electron chi connectivity index (χ1n) is 6.87. The molecule has 20 heavy (non-hydrogen) atoms. The molecule has 1 atom stereocenters. The van der Waals surface area contributed by atoms with Gasteiger partial charge in [0, 0.05) is 11.5 Å². The molecule has 1 aliphatic carbocycles. The van der Waals surface area contributed by atoms with Gasteiger partial charge in [-0.15, -0.1) is 0 Å². The van der Waals surface area contributed by atoms with Crippen LogP contribution in [-0.4, -0.2) is 42.7 Å². The molecule has 2 rings (SSSR count). The summed E-state index contributed by atoms with van der Waals surface area (Å²) in [5.41, 5.74) is 8.10. The molecule has 1 aliphatic heterocycles. The van der Waals surface area contributed by atoms with Crippen LogP contribution in [0.4, 0.5) is 13.6 Å². The molecular weight excluding hydrogens is 270 g/mol. The Hall–Kier alpha value is -1.56. The summed E-state index contributed by atoms with van der Waals surface area (Å²) in [6, 6.07) is 0. The number of halogens is 2. The lowest BCUT2D eigenvalue weighted by atomic mass is 9.89. The highest BCUT2D eigenvalue weighted by atomic mass is 19.3. The summed E-state index contributed by atoms with van der Waals surface area (Å²) >= 11 is 0. The van der Waals surface area contributed by atoms with Gasteiger partial charge in [0.05, 0.1) is 13.1 Å². The Morgan fingerprint density at radius 2 is 2.10 bits per heavy atom. The number of amides is 1. The average Bonchev–Trinajstić information content (AvgIpc) is 2.80. The maximum absolute atomic E-state index is 13.7. The molecule has 2 fully saturated rings. The molecule has 1 heterocycles. The molecule has 0 radical (unpaired) electrons. The molecule has 0 aromatic rings. The van der Waals surface area contributed by atoms with Gasteiger partial charge >= 0.3 is 6.09 Å². The van der Waals surface area contributed by atoms with Crippen molar-refractivity contribution >= 4 is 6.09 Å². The molecule has 0 N–H and O–H groups in total. The first kappa shape index (κ1) is 14.8. The summed E-state index contributed by atoms with van der Waals surface area (Å²) in [5, 5.41) is 2.87. The van der Waals surface area contributed by atoms with E-state index in [0.29, 0.717) is 12.5 Å². The molecular formula is C12H18F2N4O2. The van der Waals surface area contributed by atoms with Gasteiger partial charge in [-0.05, 0) is 24.3 Å². The zero-order valence-corrected chi connectivity index (χ0v) is 11.2. The number of ether oxygens (including phenoxy) is 1. The number of rotatable bonds is 5. The van der Waals surface area contributed by atoms with E-state index in [-0.39, 0.29) is 6.54 Å². The van der Waals surface area contributed by atoms with Crippen LogP contribution in [0.2, 0.25) is 0 Å². The molecule has 2 aliphatic rings. The van der Waals surface area contributed by atoms with Crippen molar-refractivity contribution in [3.8, 4) is 0 Å². The lowest BCUT2D eigenvalue weighted by molar-refractivity contribution is -0.0850. The number of cyclic esters (lactones) is 1. The van der Waals surface area contributed by atoms with Crippen LogP contribution in [-0.2, 0) is 4.74 Å². The predicted molar refractivity (Wildman–Crippen MR) is 67.4 cm³/mol. The highest BCUT2D eigenvalue weighted by molar-refractivity contribution is 5.70. The van der Waals surface area contributed by atoms with E-state index in [1.54, 1.807) is 0 Å². The SMILES string of the molecule is [N-]=[N+]=NCC(F)(F)C1CN(CC2CCCCC2)C(=O)O1. The number of nitrogens with zero attached hydrogens (tertiary/aromatic N) is 4. The van der Waals surface area contributed by atoms with Gasteiger partial charge in [0.25, 0.3) is 5.92 Å². The normalized spacial score (nSPS) is 24.4. The van der Waals surface area contributed by atoms with E-state index in [4.69, 9.17) is 10.3 Å². The van der Waals surface area contributed by atoms with Crippen molar-refractivity contribution in [3.63, 3.8) is 0 Å². The maximum atomic E-state index is 13.7. The van der Waals surface area contributed by atoms with Crippen LogP contribution in [0.5, 0.6) is 0 Å². The van der Waals surface area contributed by atoms with Crippen LogP contribution in [0, 0.1) is 5.92 Å². The average molecular weight is 288 g/mol. The summed E-state index contributed by atoms with van der Waals surface area (Å²) in [4.78, 5) is 15.3. The summed E-state index contributed by atoms with van der Waals surface area (Å²) in [7, 11) is 0. The van der Waals surface area contributed by atoms with E-state index in [0.717, 1.165) is 25.7 Å². The van der Waals surface area contributed by atoms with Gasteiger partial charge in [0.1, 0.15) is 0 Å². The van der Waals surface area contributed by atoms with Crippen molar-refractivity contribution in [1.82, 2.24) is 4.90 Å². The minimum atomic E-state index is -3.32. The van der Waals surface area contributed by atoms with Gasteiger partial charge < -0.3 is 9.64 Å². The van der Waals surface area contributed by atoms with Crippen molar-refractivity contribution in [3.05, 3.63) is 10.4 Å². The van der Waals surface area contributed by atoms with Gasteiger partial charge in [-0.25, -0.2) is 13.6 Å². The zero-order valence-electron chi connectivity index (χ0n) is 11.2. The number of carbonyl (C=O) groups is 1. The van der Waals surface area contributed by atoms with E-state index >= 15 is 0 Å². The first-order valence-corrected chi connectivity index (χ1v) is 6.87. The Labute approximate surface area is 115 Å². The number of alkyl halides is 2. The van der Waals surface area contributed by atoms with Crippen LogP contribution in [0.1, 0.15) is 32.1 Å². The van der Waals surface area contributed by atoms with Crippen molar-refractivity contribution in [1.29, 1.82) is 0 Å². The minimum Gasteiger partial charge on any atom is -0.438 e. The van der Waals surface area contributed by atoms with Crippen LogP contribution in [0.15, 0.2) is 5.11 Å². The van der Waals surface area contributed by atoms with Gasteiger partial charge in [-0.1, -0.05) is 24.4 Å². The van der Waals surface area contributed by atoms with Gasteiger partial charge in [-0.3, -0.25) is 0 Å². The van der Waals surface area contributed by atoms with Crippen molar-refractivity contribution in [2.24, 2.45) is 11.0 Å². The fourth-order valence-corrected chi connectivity index (χ4v) is 2.79. The molecule has 8 heteroatoms. The second kappa shape index (κ2) is 6.26. The Bertz CT molecular complexity index is 406. The van der Waals surface area contributed by atoms with E-state index in [9.17, 15) is 13.6 Å². The smallest absolute Gasteiger partial charge is 0.410 e. The predicted octanol–water partition coefficient (Wildman–Crippen LogP) is 3.33. The van der Waals surface area contributed by atoms with Crippen LogP contribution < -0.4 is 0 Å². The highest BCUT2D eigenvalue weighted by Gasteiger charge is 2.48. The fraction of sp³-hybridized carbons (Fsp3) is 0.917. The molecule has 1 amide bonds. The summed E-state index contributed by atoms with van der Waals surface area (Å²) in [6.45, 7) is -0.644. The van der Waals surface area contributed by atoms with Crippen molar-refractivity contribution in [2.75, 3.05) is 19.6 Å². The molecule has 112 valence electrons. The van der Waals surface area contributed by atoms with Gasteiger partial charge in [0.15, 0.2) is 6.10 Å². The van der Waals surface area contributed by atoms with Crippen molar-refractivity contribution in [2.45, 2.75) is 44.1 Å². The van der Waals surface area contributed by atoms with Gasteiger partial charge in [-0.2, -0.15) is 0 Å². The highest BCUT2D eigenvalue weighted by Crippen LogP contribution is 2.30. The molecule has 1 saturated carbocycles. The number of carbonyl (C=O) groups excluding carboxylic acids is 1. The van der Waals surface area contributed by atoms with Crippen LogP contribution in [0.25, 0.3) is 10.4 Å². The number of azide groups is 1. The Kier molecular flexibility index (Phi) is 4.65. The lowest BCUT2D eigenvalue weighted by Gasteiger charge is -2.25. The molecule has 1 saturated heterocycles. The number of hydrogen-bond donors (Lipinski definition) is 0. The van der Waals surface area contributed by atoms with Crippen molar-refractivity contribution < 1.29 is 18.3 Å². The van der Waals surface area contributed by atoms with Crippen LogP contribution >= 0.6 is 0 Å². The molecule has 0 bridgehead atoms. The lowest BCUT2D eigenvalue weighted by Crippen LogP contribution is -2.40. The minimum absolute atomic E-state index is 0.136. The second-order valence-corrected chi connectivity index (χ2v) is 5.43. The Balaban J connectivity index is 1.90. The molecule has 0 aromatic heterocycles. The molecule has 0 aromatic carbocycles. The summed E-state index contributed by atoms with van der Waals surface area (Å²) in [5.74, 6) is -2.94. The molecule has 1 unspecified atom stereocenters. The standard InChI is InChI=1S/C12H18F2N4O2/c13-12(14,8-16-17-15)10-7-18(11(19)20-10)6-9-4-2-1-3-5-9/h9-10H,1-8H2. The Morgan fingerprint density at radius 3 is 2.75 bits per heavy atom.